The van der Waals surface area contributed by atoms with E-state index in [-0.39, 0.29) is 18.0 Å². The van der Waals surface area contributed by atoms with Crippen LogP contribution < -0.4 is 10.6 Å². The summed E-state index contributed by atoms with van der Waals surface area (Å²) in [4.78, 5) is 12.4. The van der Waals surface area contributed by atoms with E-state index in [1.165, 1.54) is 12.8 Å². The van der Waals surface area contributed by atoms with Gasteiger partial charge in [0.05, 0.1) is 17.8 Å². The van der Waals surface area contributed by atoms with Crippen molar-refractivity contribution in [1.29, 1.82) is 0 Å². The van der Waals surface area contributed by atoms with Crippen molar-refractivity contribution in [2.75, 3.05) is 26.8 Å². The molecule has 1 aromatic rings. The molecule has 0 unspecified atom stereocenters. The van der Waals surface area contributed by atoms with Crippen LogP contribution >= 0.6 is 0 Å². The number of nitrogens with zero attached hydrogens (tertiary/aromatic N) is 2. The summed E-state index contributed by atoms with van der Waals surface area (Å²) in [5.41, 5.74) is 0.923. The number of rotatable bonds is 6. The number of aromatic nitrogens is 2. The van der Waals surface area contributed by atoms with Crippen molar-refractivity contribution in [2.24, 2.45) is 0 Å². The van der Waals surface area contributed by atoms with Crippen LogP contribution in [-0.2, 0) is 16.1 Å². The average molecular weight is 320 g/mol. The topological polar surface area (TPSA) is 68.2 Å². The third-order valence-corrected chi connectivity index (χ3v) is 5.07. The van der Waals surface area contributed by atoms with Crippen molar-refractivity contribution >= 4 is 5.91 Å². The molecule has 1 atom stereocenters. The van der Waals surface area contributed by atoms with Gasteiger partial charge in [-0.15, -0.1) is 0 Å². The molecule has 2 N–H and O–H groups in total. The SMILES string of the molecule is COCC1(NC(=O)Cn2ccc([C@H]3CCCNC3)n2)CCCC1. The fourth-order valence-corrected chi connectivity index (χ4v) is 3.90. The third-order valence-electron chi connectivity index (χ3n) is 5.07. The number of piperidine rings is 1. The Morgan fingerprint density at radius 2 is 2.30 bits per heavy atom. The van der Waals surface area contributed by atoms with E-state index >= 15 is 0 Å². The molecule has 2 fully saturated rings. The molecule has 6 nitrogen and oxygen atoms in total. The number of carbonyl (C=O) groups excluding carboxylic acids is 1. The molecule has 0 aromatic carbocycles. The summed E-state index contributed by atoms with van der Waals surface area (Å²) in [6.07, 6.45) is 8.61. The van der Waals surface area contributed by atoms with E-state index in [1.807, 2.05) is 12.3 Å². The largest absolute Gasteiger partial charge is 0.382 e. The zero-order valence-electron chi connectivity index (χ0n) is 14.0. The Bertz CT molecular complexity index is 516. The molecule has 6 heteroatoms. The minimum Gasteiger partial charge on any atom is -0.382 e. The smallest absolute Gasteiger partial charge is 0.242 e. The van der Waals surface area contributed by atoms with Crippen molar-refractivity contribution in [3.63, 3.8) is 0 Å². The number of carbonyl (C=O) groups is 1. The van der Waals surface area contributed by atoms with Gasteiger partial charge >= 0.3 is 0 Å². The molecule has 1 aliphatic carbocycles. The molecular formula is C17H28N4O2. The van der Waals surface area contributed by atoms with Crippen molar-refractivity contribution in [3.8, 4) is 0 Å². The van der Waals surface area contributed by atoms with Crippen molar-refractivity contribution in [1.82, 2.24) is 20.4 Å². The van der Waals surface area contributed by atoms with Crippen LogP contribution in [0.4, 0.5) is 0 Å². The Labute approximate surface area is 138 Å². The number of nitrogens with one attached hydrogen (secondary N) is 2. The Morgan fingerprint density at radius 3 is 3.00 bits per heavy atom. The van der Waals surface area contributed by atoms with Gasteiger partial charge in [0, 0.05) is 25.8 Å². The molecule has 0 bridgehead atoms. The van der Waals surface area contributed by atoms with E-state index in [0.29, 0.717) is 12.5 Å². The maximum atomic E-state index is 12.4. The highest BCUT2D eigenvalue weighted by Gasteiger charge is 2.35. The van der Waals surface area contributed by atoms with Crippen LogP contribution in [0.25, 0.3) is 0 Å². The summed E-state index contributed by atoms with van der Waals surface area (Å²) in [6, 6.07) is 2.05. The normalized spacial score (nSPS) is 23.8. The first-order valence-electron chi connectivity index (χ1n) is 8.75. The van der Waals surface area contributed by atoms with Crippen molar-refractivity contribution < 1.29 is 9.53 Å². The molecule has 0 spiro atoms. The first kappa shape index (κ1) is 16.5. The molecule has 2 aliphatic rings. The minimum atomic E-state index is -0.172. The Balaban J connectivity index is 1.56. The Morgan fingerprint density at radius 1 is 1.48 bits per heavy atom. The van der Waals surface area contributed by atoms with Gasteiger partial charge in [0.15, 0.2) is 0 Å². The summed E-state index contributed by atoms with van der Waals surface area (Å²) in [5, 5.41) is 11.2. The van der Waals surface area contributed by atoms with Gasteiger partial charge in [0.2, 0.25) is 5.91 Å². The first-order chi connectivity index (χ1) is 11.2. The van der Waals surface area contributed by atoms with Crippen LogP contribution in [0.15, 0.2) is 12.3 Å². The lowest BCUT2D eigenvalue weighted by Crippen LogP contribution is -2.50. The quantitative estimate of drug-likeness (QED) is 0.832. The van der Waals surface area contributed by atoms with Crippen LogP contribution in [0.3, 0.4) is 0 Å². The third kappa shape index (κ3) is 4.12. The molecule has 1 amide bonds. The van der Waals surface area contributed by atoms with E-state index in [0.717, 1.165) is 44.5 Å². The number of hydrogen-bond donors (Lipinski definition) is 2. The molecule has 1 saturated carbocycles. The zero-order valence-corrected chi connectivity index (χ0v) is 14.0. The first-order valence-corrected chi connectivity index (χ1v) is 8.75. The predicted octanol–water partition coefficient (Wildman–Crippen LogP) is 1.43. The lowest BCUT2D eigenvalue weighted by Gasteiger charge is -2.29. The highest BCUT2D eigenvalue weighted by Crippen LogP contribution is 2.29. The fraction of sp³-hybridized carbons (Fsp3) is 0.765. The summed E-state index contributed by atoms with van der Waals surface area (Å²) in [7, 11) is 1.70. The summed E-state index contributed by atoms with van der Waals surface area (Å²) >= 11 is 0. The zero-order chi connectivity index (χ0) is 16.1. The fourth-order valence-electron chi connectivity index (χ4n) is 3.90. The molecule has 1 saturated heterocycles. The van der Waals surface area contributed by atoms with Crippen LogP contribution in [0.5, 0.6) is 0 Å². The van der Waals surface area contributed by atoms with Crippen LogP contribution in [0.1, 0.15) is 50.1 Å². The number of ether oxygens (including phenoxy) is 1. The standard InChI is InChI=1S/C17H28N4O2/c1-23-13-17(7-2-3-8-17)19-16(22)12-21-10-6-15(20-21)14-5-4-9-18-11-14/h6,10,14,18H,2-5,7-9,11-13H2,1H3,(H,19,22)/t14-/m0/s1. The van der Waals surface area contributed by atoms with Gasteiger partial charge in [-0.3, -0.25) is 9.48 Å². The van der Waals surface area contributed by atoms with E-state index in [2.05, 4.69) is 15.7 Å². The van der Waals surface area contributed by atoms with Gasteiger partial charge < -0.3 is 15.4 Å². The van der Waals surface area contributed by atoms with E-state index in [1.54, 1.807) is 11.8 Å². The van der Waals surface area contributed by atoms with Crippen LogP contribution in [0.2, 0.25) is 0 Å². The molecule has 23 heavy (non-hydrogen) atoms. The number of hydrogen-bond acceptors (Lipinski definition) is 4. The minimum absolute atomic E-state index is 0.0281. The molecule has 2 heterocycles. The molecule has 128 valence electrons. The van der Waals surface area contributed by atoms with Gasteiger partial charge in [-0.2, -0.15) is 5.10 Å². The molecule has 1 aromatic heterocycles. The van der Waals surface area contributed by atoms with Crippen LogP contribution in [0, 0.1) is 0 Å². The predicted molar refractivity (Wildman–Crippen MR) is 88.3 cm³/mol. The second-order valence-corrected chi connectivity index (χ2v) is 6.95. The van der Waals surface area contributed by atoms with E-state index < -0.39 is 0 Å². The van der Waals surface area contributed by atoms with Gasteiger partial charge in [-0.25, -0.2) is 0 Å². The average Bonchev–Trinajstić information content (AvgIpc) is 3.18. The maximum Gasteiger partial charge on any atom is 0.242 e. The van der Waals surface area contributed by atoms with Crippen molar-refractivity contribution in [3.05, 3.63) is 18.0 Å². The van der Waals surface area contributed by atoms with Gasteiger partial charge in [-0.05, 0) is 38.3 Å². The lowest BCUT2D eigenvalue weighted by molar-refractivity contribution is -0.124. The van der Waals surface area contributed by atoms with Gasteiger partial charge in [-0.1, -0.05) is 12.8 Å². The van der Waals surface area contributed by atoms with Crippen molar-refractivity contribution in [2.45, 2.75) is 56.5 Å². The second-order valence-electron chi connectivity index (χ2n) is 6.95. The van der Waals surface area contributed by atoms with Gasteiger partial charge in [0.25, 0.3) is 0 Å². The van der Waals surface area contributed by atoms with Crippen LogP contribution in [-0.4, -0.2) is 48.0 Å². The summed E-state index contributed by atoms with van der Waals surface area (Å²) in [5.74, 6) is 0.503. The lowest BCUT2D eigenvalue weighted by atomic mass is 9.97. The maximum absolute atomic E-state index is 12.4. The Kier molecular flexibility index (Phi) is 5.33. The molecule has 0 radical (unpaired) electrons. The highest BCUT2D eigenvalue weighted by atomic mass is 16.5. The number of amides is 1. The summed E-state index contributed by atoms with van der Waals surface area (Å²) in [6.45, 7) is 2.96. The summed E-state index contributed by atoms with van der Waals surface area (Å²) < 4.78 is 7.08. The van der Waals surface area contributed by atoms with E-state index in [4.69, 9.17) is 4.74 Å². The highest BCUT2D eigenvalue weighted by molar-refractivity contribution is 5.76. The molecule has 3 rings (SSSR count). The van der Waals surface area contributed by atoms with E-state index in [9.17, 15) is 4.79 Å². The molecular weight excluding hydrogens is 292 g/mol. The monoisotopic (exact) mass is 320 g/mol. The molecule has 1 aliphatic heterocycles. The second kappa shape index (κ2) is 7.45. The Hall–Kier alpha value is -1.40. The van der Waals surface area contributed by atoms with Gasteiger partial charge in [0.1, 0.15) is 6.54 Å². The number of methoxy groups -OCH3 is 1.